The summed E-state index contributed by atoms with van der Waals surface area (Å²) in [5.74, 6) is -0.386. The summed E-state index contributed by atoms with van der Waals surface area (Å²) in [5, 5.41) is 11.9. The normalized spacial score (nSPS) is 10.1. The number of nitriles is 1. The molecule has 3 heteroatoms. The lowest BCUT2D eigenvalue weighted by Gasteiger charge is -2.05. The summed E-state index contributed by atoms with van der Waals surface area (Å²) in [6, 6.07) is 14.2. The number of nitrogens with zero attached hydrogens (tertiary/aromatic N) is 1. The molecule has 0 atom stereocenters. The van der Waals surface area contributed by atoms with E-state index in [2.05, 4.69) is 5.32 Å². The highest BCUT2D eigenvalue weighted by molar-refractivity contribution is 5.65. The van der Waals surface area contributed by atoms with Crippen molar-refractivity contribution in [2.75, 3.05) is 7.05 Å². The quantitative estimate of drug-likeness (QED) is 0.894. The van der Waals surface area contributed by atoms with Gasteiger partial charge in [-0.25, -0.2) is 4.39 Å². The van der Waals surface area contributed by atoms with Gasteiger partial charge in [0.1, 0.15) is 5.82 Å². The summed E-state index contributed by atoms with van der Waals surface area (Å²) < 4.78 is 13.3. The van der Waals surface area contributed by atoms with Crippen molar-refractivity contribution in [3.05, 3.63) is 59.4 Å². The van der Waals surface area contributed by atoms with E-state index < -0.39 is 0 Å². The van der Waals surface area contributed by atoms with E-state index in [0.717, 1.165) is 23.2 Å². The molecule has 0 saturated carbocycles. The first kappa shape index (κ1) is 12.3. The fraction of sp³-hybridized carbons (Fsp3) is 0.133. The Morgan fingerprint density at radius 2 is 1.83 bits per heavy atom. The van der Waals surface area contributed by atoms with Gasteiger partial charge in [0, 0.05) is 6.54 Å². The van der Waals surface area contributed by atoms with Crippen LogP contribution in [0.25, 0.3) is 11.1 Å². The lowest BCUT2D eigenvalue weighted by molar-refractivity contribution is 0.628. The number of rotatable bonds is 3. The minimum Gasteiger partial charge on any atom is -0.316 e. The van der Waals surface area contributed by atoms with E-state index in [4.69, 9.17) is 5.26 Å². The van der Waals surface area contributed by atoms with Crippen LogP contribution in [0.1, 0.15) is 11.1 Å². The lowest BCUT2D eigenvalue weighted by atomic mass is 10.0. The molecule has 0 radical (unpaired) electrons. The molecule has 18 heavy (non-hydrogen) atoms. The summed E-state index contributed by atoms with van der Waals surface area (Å²) in [7, 11) is 1.89. The third-order valence-electron chi connectivity index (χ3n) is 2.70. The minimum atomic E-state index is -0.386. The average Bonchev–Trinajstić information content (AvgIpc) is 2.39. The molecule has 0 unspecified atom stereocenters. The zero-order chi connectivity index (χ0) is 13.0. The first-order chi connectivity index (χ1) is 8.72. The van der Waals surface area contributed by atoms with Gasteiger partial charge >= 0.3 is 0 Å². The van der Waals surface area contributed by atoms with Gasteiger partial charge in [-0.2, -0.15) is 5.26 Å². The van der Waals surface area contributed by atoms with Gasteiger partial charge in [0.2, 0.25) is 0 Å². The smallest absolute Gasteiger partial charge is 0.125 e. The standard InChI is InChI=1S/C15H13FN2/c1-18-10-11-2-4-13(5-3-11)14-6-12(9-17)7-15(16)8-14/h2-8,18H,10H2,1H3. The van der Waals surface area contributed by atoms with Gasteiger partial charge in [0.25, 0.3) is 0 Å². The maximum atomic E-state index is 13.3. The Balaban J connectivity index is 2.36. The first-order valence-electron chi connectivity index (χ1n) is 5.67. The second-order valence-electron chi connectivity index (χ2n) is 4.07. The molecule has 0 bridgehead atoms. The largest absolute Gasteiger partial charge is 0.316 e. The van der Waals surface area contributed by atoms with Gasteiger partial charge in [0.15, 0.2) is 0 Å². The molecule has 2 aromatic carbocycles. The molecule has 90 valence electrons. The Hall–Kier alpha value is -2.18. The van der Waals surface area contributed by atoms with E-state index in [0.29, 0.717) is 5.56 Å². The molecule has 0 aliphatic rings. The SMILES string of the molecule is CNCc1ccc(-c2cc(F)cc(C#N)c2)cc1. The van der Waals surface area contributed by atoms with Crippen molar-refractivity contribution >= 4 is 0 Å². The molecule has 0 aliphatic heterocycles. The van der Waals surface area contributed by atoms with Crippen molar-refractivity contribution in [2.24, 2.45) is 0 Å². The molecule has 2 nitrogen and oxygen atoms in total. The van der Waals surface area contributed by atoms with Crippen molar-refractivity contribution in [1.29, 1.82) is 5.26 Å². The molecule has 0 heterocycles. The van der Waals surface area contributed by atoms with E-state index in [1.807, 2.05) is 37.4 Å². The molecule has 2 aromatic rings. The van der Waals surface area contributed by atoms with Crippen LogP contribution < -0.4 is 5.32 Å². The molecule has 2 rings (SSSR count). The van der Waals surface area contributed by atoms with Gasteiger partial charge in [-0.3, -0.25) is 0 Å². The van der Waals surface area contributed by atoms with Crippen LogP contribution in [0.15, 0.2) is 42.5 Å². The second-order valence-corrected chi connectivity index (χ2v) is 4.07. The van der Waals surface area contributed by atoms with Crippen molar-refractivity contribution in [3.8, 4) is 17.2 Å². The van der Waals surface area contributed by atoms with Crippen molar-refractivity contribution in [2.45, 2.75) is 6.54 Å². The van der Waals surface area contributed by atoms with E-state index in [-0.39, 0.29) is 5.82 Å². The topological polar surface area (TPSA) is 35.8 Å². The summed E-state index contributed by atoms with van der Waals surface area (Å²) in [6.07, 6.45) is 0. The highest BCUT2D eigenvalue weighted by Crippen LogP contribution is 2.22. The predicted molar refractivity (Wildman–Crippen MR) is 69.3 cm³/mol. The van der Waals surface area contributed by atoms with Crippen LogP contribution >= 0.6 is 0 Å². The van der Waals surface area contributed by atoms with Crippen LogP contribution in [0.3, 0.4) is 0 Å². The Labute approximate surface area is 106 Å². The Morgan fingerprint density at radius 1 is 1.11 bits per heavy atom. The van der Waals surface area contributed by atoms with Gasteiger partial charge < -0.3 is 5.32 Å². The molecule has 0 spiro atoms. The number of nitrogens with one attached hydrogen (secondary N) is 1. The monoisotopic (exact) mass is 240 g/mol. The summed E-state index contributed by atoms with van der Waals surface area (Å²) in [4.78, 5) is 0. The van der Waals surface area contributed by atoms with Crippen LogP contribution in [0.5, 0.6) is 0 Å². The molecule has 0 aliphatic carbocycles. The van der Waals surface area contributed by atoms with Crippen molar-refractivity contribution < 1.29 is 4.39 Å². The van der Waals surface area contributed by atoms with Crippen LogP contribution in [-0.4, -0.2) is 7.05 Å². The van der Waals surface area contributed by atoms with Gasteiger partial charge in [-0.15, -0.1) is 0 Å². The Bertz CT molecular complexity index is 582. The van der Waals surface area contributed by atoms with Crippen LogP contribution in [0.2, 0.25) is 0 Å². The Morgan fingerprint density at radius 3 is 2.44 bits per heavy atom. The van der Waals surface area contributed by atoms with Gasteiger partial charge in [-0.1, -0.05) is 24.3 Å². The Kier molecular flexibility index (Phi) is 3.71. The third-order valence-corrected chi connectivity index (χ3v) is 2.70. The number of benzene rings is 2. The first-order valence-corrected chi connectivity index (χ1v) is 5.67. The summed E-state index contributed by atoms with van der Waals surface area (Å²) in [5.41, 5.74) is 3.14. The highest BCUT2D eigenvalue weighted by Gasteiger charge is 2.03. The second kappa shape index (κ2) is 5.44. The maximum absolute atomic E-state index is 13.3. The van der Waals surface area contributed by atoms with Gasteiger partial charge in [0.05, 0.1) is 11.6 Å². The molecule has 0 saturated heterocycles. The fourth-order valence-electron chi connectivity index (χ4n) is 1.84. The molecule has 0 amide bonds. The van der Waals surface area contributed by atoms with Crippen LogP contribution in [-0.2, 0) is 6.54 Å². The summed E-state index contributed by atoms with van der Waals surface area (Å²) in [6.45, 7) is 0.798. The minimum absolute atomic E-state index is 0.337. The number of halogens is 1. The predicted octanol–water partition coefficient (Wildman–Crippen LogP) is 3.08. The summed E-state index contributed by atoms with van der Waals surface area (Å²) >= 11 is 0. The fourth-order valence-corrected chi connectivity index (χ4v) is 1.84. The molecule has 0 aromatic heterocycles. The van der Waals surface area contributed by atoms with E-state index >= 15 is 0 Å². The van der Waals surface area contributed by atoms with E-state index in [1.165, 1.54) is 12.1 Å². The van der Waals surface area contributed by atoms with E-state index in [1.54, 1.807) is 6.07 Å². The van der Waals surface area contributed by atoms with Crippen LogP contribution in [0.4, 0.5) is 4.39 Å². The number of hydrogen-bond donors (Lipinski definition) is 1. The van der Waals surface area contributed by atoms with Gasteiger partial charge in [-0.05, 0) is 41.9 Å². The third kappa shape index (κ3) is 2.73. The molecule has 1 N–H and O–H groups in total. The highest BCUT2D eigenvalue weighted by atomic mass is 19.1. The maximum Gasteiger partial charge on any atom is 0.125 e. The molecular formula is C15H13FN2. The van der Waals surface area contributed by atoms with Crippen molar-refractivity contribution in [1.82, 2.24) is 5.32 Å². The zero-order valence-electron chi connectivity index (χ0n) is 10.1. The number of hydrogen-bond acceptors (Lipinski definition) is 2. The lowest BCUT2D eigenvalue weighted by Crippen LogP contribution is -2.04. The zero-order valence-corrected chi connectivity index (χ0v) is 10.1. The molecular weight excluding hydrogens is 227 g/mol. The van der Waals surface area contributed by atoms with E-state index in [9.17, 15) is 4.39 Å². The van der Waals surface area contributed by atoms with Crippen molar-refractivity contribution in [3.63, 3.8) is 0 Å². The average molecular weight is 240 g/mol. The van der Waals surface area contributed by atoms with Crippen LogP contribution in [0, 0.1) is 17.1 Å². The molecule has 0 fully saturated rings.